The second-order valence-electron chi connectivity index (χ2n) is 6.57. The molecular formula is C16H24N2O. The van der Waals surface area contributed by atoms with E-state index in [0.29, 0.717) is 5.92 Å². The molecule has 2 aliphatic heterocycles. The minimum atomic E-state index is -0.0523. The van der Waals surface area contributed by atoms with Gasteiger partial charge in [0.15, 0.2) is 0 Å². The lowest BCUT2D eigenvalue weighted by Crippen LogP contribution is -2.25. The fourth-order valence-corrected chi connectivity index (χ4v) is 3.29. The number of para-hydroxylation sites is 1. The Labute approximate surface area is 115 Å². The molecule has 0 aromatic heterocycles. The number of rotatable bonds is 3. The molecule has 2 aliphatic rings. The molecular weight excluding hydrogens is 236 g/mol. The minimum absolute atomic E-state index is 0.0523. The number of nitrogens with two attached hydrogens (primary N) is 1. The number of nitrogens with zero attached hydrogens (tertiary/aromatic N) is 1. The van der Waals surface area contributed by atoms with E-state index in [1.807, 2.05) is 0 Å². The van der Waals surface area contributed by atoms with Gasteiger partial charge in [-0.1, -0.05) is 18.2 Å². The van der Waals surface area contributed by atoms with Crippen LogP contribution in [-0.4, -0.2) is 30.1 Å². The van der Waals surface area contributed by atoms with Crippen LogP contribution in [0, 0.1) is 5.92 Å². The van der Waals surface area contributed by atoms with Gasteiger partial charge in [0.2, 0.25) is 0 Å². The number of likely N-dealkylation sites (tertiary alicyclic amines) is 1. The summed E-state index contributed by atoms with van der Waals surface area (Å²) in [5, 5.41) is 0. The Balaban J connectivity index is 1.75. The Morgan fingerprint density at radius 2 is 2.26 bits per heavy atom. The third-order valence-corrected chi connectivity index (χ3v) is 4.27. The first kappa shape index (κ1) is 12.9. The van der Waals surface area contributed by atoms with Crippen molar-refractivity contribution in [3.8, 4) is 5.75 Å². The molecule has 1 aromatic carbocycles. The van der Waals surface area contributed by atoms with Crippen LogP contribution in [0.4, 0.5) is 0 Å². The summed E-state index contributed by atoms with van der Waals surface area (Å²) in [6, 6.07) is 6.56. The second-order valence-corrected chi connectivity index (χ2v) is 6.57. The van der Waals surface area contributed by atoms with Crippen LogP contribution < -0.4 is 10.5 Å². The number of benzene rings is 1. The fraction of sp³-hybridized carbons (Fsp3) is 0.625. The zero-order chi connectivity index (χ0) is 13.5. The number of hydrogen-bond acceptors (Lipinski definition) is 3. The summed E-state index contributed by atoms with van der Waals surface area (Å²) in [6.45, 7) is 8.43. The van der Waals surface area contributed by atoms with Gasteiger partial charge in [-0.15, -0.1) is 0 Å². The van der Waals surface area contributed by atoms with E-state index in [2.05, 4.69) is 36.9 Å². The van der Waals surface area contributed by atoms with Crippen LogP contribution in [0.1, 0.15) is 31.4 Å². The van der Waals surface area contributed by atoms with Gasteiger partial charge in [0.05, 0.1) is 0 Å². The van der Waals surface area contributed by atoms with Crippen LogP contribution in [-0.2, 0) is 13.0 Å². The van der Waals surface area contributed by atoms with Crippen molar-refractivity contribution in [2.24, 2.45) is 11.7 Å². The average Bonchev–Trinajstić information content (AvgIpc) is 2.92. The molecule has 3 heteroatoms. The zero-order valence-electron chi connectivity index (χ0n) is 12.0. The summed E-state index contributed by atoms with van der Waals surface area (Å²) in [7, 11) is 0. The van der Waals surface area contributed by atoms with E-state index in [-0.39, 0.29) is 5.60 Å². The van der Waals surface area contributed by atoms with Crippen molar-refractivity contribution in [3.63, 3.8) is 0 Å². The number of hydrogen-bond donors (Lipinski definition) is 1. The Morgan fingerprint density at radius 3 is 3.00 bits per heavy atom. The van der Waals surface area contributed by atoms with Crippen LogP contribution in [0.5, 0.6) is 5.75 Å². The molecule has 3 rings (SSSR count). The van der Waals surface area contributed by atoms with Crippen LogP contribution in [0.2, 0.25) is 0 Å². The molecule has 1 aromatic rings. The summed E-state index contributed by atoms with van der Waals surface area (Å²) < 4.78 is 6.14. The van der Waals surface area contributed by atoms with Gasteiger partial charge in [0.25, 0.3) is 0 Å². The average molecular weight is 260 g/mol. The Bertz CT molecular complexity index is 470. The first-order valence-electron chi connectivity index (χ1n) is 7.29. The van der Waals surface area contributed by atoms with Gasteiger partial charge in [0.1, 0.15) is 11.4 Å². The molecule has 2 N–H and O–H groups in total. The van der Waals surface area contributed by atoms with Gasteiger partial charge in [-0.05, 0) is 44.8 Å². The molecule has 1 atom stereocenters. The van der Waals surface area contributed by atoms with Crippen LogP contribution in [0.15, 0.2) is 18.2 Å². The third kappa shape index (κ3) is 2.63. The quantitative estimate of drug-likeness (QED) is 0.905. The van der Waals surface area contributed by atoms with E-state index in [9.17, 15) is 0 Å². The minimum Gasteiger partial charge on any atom is -0.487 e. The lowest BCUT2D eigenvalue weighted by Gasteiger charge is -2.20. The van der Waals surface area contributed by atoms with Gasteiger partial charge in [0, 0.05) is 25.1 Å². The molecule has 0 radical (unpaired) electrons. The maximum absolute atomic E-state index is 6.14. The first-order chi connectivity index (χ1) is 9.07. The molecule has 1 fully saturated rings. The van der Waals surface area contributed by atoms with E-state index >= 15 is 0 Å². The van der Waals surface area contributed by atoms with Crippen molar-refractivity contribution >= 4 is 0 Å². The van der Waals surface area contributed by atoms with Crippen molar-refractivity contribution in [2.45, 2.75) is 38.8 Å². The summed E-state index contributed by atoms with van der Waals surface area (Å²) in [4.78, 5) is 2.50. The van der Waals surface area contributed by atoms with Crippen molar-refractivity contribution in [2.75, 3.05) is 19.6 Å². The molecule has 3 nitrogen and oxygen atoms in total. The van der Waals surface area contributed by atoms with E-state index in [0.717, 1.165) is 38.3 Å². The summed E-state index contributed by atoms with van der Waals surface area (Å²) in [6.07, 6.45) is 2.25. The highest BCUT2D eigenvalue weighted by Crippen LogP contribution is 2.38. The Kier molecular flexibility index (Phi) is 3.27. The molecule has 0 spiro atoms. The predicted molar refractivity (Wildman–Crippen MR) is 77.3 cm³/mol. The smallest absolute Gasteiger partial charge is 0.127 e. The fourth-order valence-electron chi connectivity index (χ4n) is 3.29. The largest absolute Gasteiger partial charge is 0.487 e. The maximum atomic E-state index is 6.14. The standard InChI is InChI=1S/C16H24N2O/c1-16(2)8-13-4-3-5-14(15(13)19-16)11-18-7-6-12(9-17)10-18/h3-5,12H,6-11,17H2,1-2H3. The lowest BCUT2D eigenvalue weighted by molar-refractivity contribution is 0.136. The highest BCUT2D eigenvalue weighted by Gasteiger charge is 2.32. The van der Waals surface area contributed by atoms with Crippen molar-refractivity contribution in [1.82, 2.24) is 4.90 Å². The maximum Gasteiger partial charge on any atom is 0.127 e. The molecule has 0 bridgehead atoms. The van der Waals surface area contributed by atoms with Crippen molar-refractivity contribution in [1.29, 1.82) is 0 Å². The van der Waals surface area contributed by atoms with Crippen LogP contribution in [0.3, 0.4) is 0 Å². The predicted octanol–water partition coefficient (Wildman–Crippen LogP) is 2.18. The number of ether oxygens (including phenoxy) is 1. The van der Waals surface area contributed by atoms with Crippen LogP contribution in [0.25, 0.3) is 0 Å². The summed E-state index contributed by atoms with van der Waals surface area (Å²) >= 11 is 0. The first-order valence-corrected chi connectivity index (χ1v) is 7.29. The summed E-state index contributed by atoms with van der Waals surface area (Å²) in [5.41, 5.74) is 8.40. The highest BCUT2D eigenvalue weighted by atomic mass is 16.5. The topological polar surface area (TPSA) is 38.5 Å². The molecule has 1 unspecified atom stereocenters. The van der Waals surface area contributed by atoms with E-state index < -0.39 is 0 Å². The number of fused-ring (bicyclic) bond motifs is 1. The van der Waals surface area contributed by atoms with Gasteiger partial charge in [-0.25, -0.2) is 0 Å². The lowest BCUT2D eigenvalue weighted by atomic mass is 10.0. The summed E-state index contributed by atoms with van der Waals surface area (Å²) in [5.74, 6) is 1.80. The second kappa shape index (κ2) is 4.80. The molecule has 0 saturated carbocycles. The highest BCUT2D eigenvalue weighted by molar-refractivity contribution is 5.45. The van der Waals surface area contributed by atoms with Crippen molar-refractivity contribution < 1.29 is 4.74 Å². The van der Waals surface area contributed by atoms with Crippen LogP contribution >= 0.6 is 0 Å². The van der Waals surface area contributed by atoms with Gasteiger partial charge < -0.3 is 10.5 Å². The van der Waals surface area contributed by atoms with Gasteiger partial charge in [-0.2, -0.15) is 0 Å². The third-order valence-electron chi connectivity index (χ3n) is 4.27. The van der Waals surface area contributed by atoms with E-state index in [1.54, 1.807) is 0 Å². The molecule has 2 heterocycles. The van der Waals surface area contributed by atoms with Crippen molar-refractivity contribution in [3.05, 3.63) is 29.3 Å². The molecule has 1 saturated heterocycles. The Hall–Kier alpha value is -1.06. The van der Waals surface area contributed by atoms with Gasteiger partial charge in [-0.3, -0.25) is 4.90 Å². The molecule has 0 aliphatic carbocycles. The molecule has 104 valence electrons. The van der Waals surface area contributed by atoms with Gasteiger partial charge >= 0.3 is 0 Å². The molecule has 19 heavy (non-hydrogen) atoms. The SMILES string of the molecule is CC1(C)Cc2cccc(CN3CCC(CN)C3)c2O1. The normalized spacial score (nSPS) is 25.3. The molecule has 0 amide bonds. The Morgan fingerprint density at radius 1 is 1.42 bits per heavy atom. The van der Waals surface area contributed by atoms with E-state index in [1.165, 1.54) is 17.5 Å². The zero-order valence-corrected chi connectivity index (χ0v) is 12.0. The van der Waals surface area contributed by atoms with E-state index in [4.69, 9.17) is 10.5 Å². The monoisotopic (exact) mass is 260 g/mol.